The van der Waals surface area contributed by atoms with Crippen LogP contribution in [0.4, 0.5) is 0 Å². The van der Waals surface area contributed by atoms with Crippen molar-refractivity contribution in [2.75, 3.05) is 20.1 Å². The molecule has 1 N–H and O–H groups in total. The van der Waals surface area contributed by atoms with Crippen LogP contribution >= 0.6 is 15.9 Å². The first-order valence-corrected chi connectivity index (χ1v) is 6.11. The van der Waals surface area contributed by atoms with Crippen molar-refractivity contribution >= 4 is 27.7 Å². The minimum absolute atomic E-state index is 0.0270. The van der Waals surface area contributed by atoms with E-state index < -0.39 is 0 Å². The second-order valence-electron chi connectivity index (χ2n) is 3.60. The fourth-order valence-electron chi connectivity index (χ4n) is 1.17. The molecule has 17 heavy (non-hydrogen) atoms. The highest BCUT2D eigenvalue weighted by molar-refractivity contribution is 9.10. The van der Waals surface area contributed by atoms with Gasteiger partial charge in [-0.05, 0) is 31.2 Å². The largest absolute Gasteiger partial charge is 0.345 e. The van der Waals surface area contributed by atoms with Gasteiger partial charge >= 0.3 is 0 Å². The number of hydrogen-bond donors (Lipinski definition) is 1. The molecule has 0 heterocycles. The predicted octanol–water partition coefficient (Wildman–Crippen LogP) is 1.66. The third-order valence-electron chi connectivity index (χ3n) is 2.41. The molecule has 92 valence electrons. The summed E-state index contributed by atoms with van der Waals surface area (Å²) in [6.45, 7) is 2.54. The summed E-state index contributed by atoms with van der Waals surface area (Å²) in [6.07, 6.45) is 0. The lowest BCUT2D eigenvalue weighted by atomic mass is 10.2. The van der Waals surface area contributed by atoms with E-state index in [1.807, 2.05) is 6.92 Å². The molecule has 4 nitrogen and oxygen atoms in total. The molecule has 0 unspecified atom stereocenters. The number of nitrogens with zero attached hydrogens (tertiary/aromatic N) is 1. The van der Waals surface area contributed by atoms with E-state index in [9.17, 15) is 9.59 Å². The first-order valence-electron chi connectivity index (χ1n) is 5.32. The smallest absolute Gasteiger partial charge is 0.251 e. The number of benzene rings is 1. The first-order chi connectivity index (χ1) is 8.04. The fraction of sp³-hybridized carbons (Fsp3) is 0.333. The molecule has 0 spiro atoms. The van der Waals surface area contributed by atoms with Crippen LogP contribution in [-0.4, -0.2) is 36.9 Å². The Balaban J connectivity index is 2.50. The van der Waals surface area contributed by atoms with Crippen LogP contribution < -0.4 is 5.32 Å². The van der Waals surface area contributed by atoms with Crippen LogP contribution in [0.5, 0.6) is 0 Å². The van der Waals surface area contributed by atoms with Gasteiger partial charge in [0, 0.05) is 23.6 Å². The van der Waals surface area contributed by atoms with Crippen LogP contribution in [0.1, 0.15) is 17.3 Å². The maximum atomic E-state index is 11.7. The number of hydrogen-bond acceptors (Lipinski definition) is 2. The molecular weight excluding hydrogens is 284 g/mol. The van der Waals surface area contributed by atoms with Gasteiger partial charge in [-0.3, -0.25) is 9.59 Å². The van der Waals surface area contributed by atoms with Gasteiger partial charge in [0.2, 0.25) is 5.91 Å². The molecule has 5 heteroatoms. The van der Waals surface area contributed by atoms with E-state index in [1.54, 1.807) is 36.2 Å². The maximum absolute atomic E-state index is 11.7. The Bertz CT molecular complexity index is 403. The van der Waals surface area contributed by atoms with Gasteiger partial charge in [-0.15, -0.1) is 0 Å². The molecular formula is C12H15BrN2O2. The van der Waals surface area contributed by atoms with Gasteiger partial charge in [-0.1, -0.05) is 15.9 Å². The third kappa shape index (κ3) is 4.19. The minimum atomic E-state index is -0.240. The molecule has 0 radical (unpaired) electrons. The minimum Gasteiger partial charge on any atom is -0.345 e. The molecule has 0 aliphatic carbocycles. The Morgan fingerprint density at radius 1 is 1.29 bits per heavy atom. The van der Waals surface area contributed by atoms with E-state index in [1.165, 1.54) is 0 Å². The SMILES string of the molecule is CCN(C)C(=O)CNC(=O)c1ccc(Br)cc1. The molecule has 1 aromatic rings. The zero-order valence-corrected chi connectivity index (χ0v) is 11.5. The van der Waals surface area contributed by atoms with Crippen molar-refractivity contribution in [3.05, 3.63) is 34.3 Å². The Hall–Kier alpha value is -1.36. The average molecular weight is 299 g/mol. The van der Waals surface area contributed by atoms with Crippen LogP contribution in [0.3, 0.4) is 0 Å². The lowest BCUT2D eigenvalue weighted by molar-refractivity contribution is -0.128. The summed E-state index contributed by atoms with van der Waals surface area (Å²) in [5.41, 5.74) is 0.542. The van der Waals surface area contributed by atoms with E-state index >= 15 is 0 Å². The molecule has 0 aromatic heterocycles. The van der Waals surface area contributed by atoms with E-state index in [4.69, 9.17) is 0 Å². The van der Waals surface area contributed by atoms with Crippen LogP contribution in [0.25, 0.3) is 0 Å². The van der Waals surface area contributed by atoms with E-state index in [2.05, 4.69) is 21.2 Å². The average Bonchev–Trinajstić information content (AvgIpc) is 2.35. The topological polar surface area (TPSA) is 49.4 Å². The molecule has 2 amide bonds. The number of likely N-dealkylation sites (N-methyl/N-ethyl adjacent to an activating group) is 1. The standard InChI is InChI=1S/C12H15BrN2O2/c1-3-15(2)11(16)8-14-12(17)9-4-6-10(13)7-5-9/h4-7H,3,8H2,1-2H3,(H,14,17). The molecule has 0 aliphatic heterocycles. The van der Waals surface area contributed by atoms with Gasteiger partial charge in [0.05, 0.1) is 6.54 Å². The number of halogens is 1. The van der Waals surface area contributed by atoms with Crippen molar-refractivity contribution in [1.82, 2.24) is 10.2 Å². The van der Waals surface area contributed by atoms with Gasteiger partial charge in [-0.2, -0.15) is 0 Å². The predicted molar refractivity (Wildman–Crippen MR) is 69.8 cm³/mol. The summed E-state index contributed by atoms with van der Waals surface area (Å²) in [5.74, 6) is -0.340. The van der Waals surface area contributed by atoms with Crippen molar-refractivity contribution in [3.8, 4) is 0 Å². The van der Waals surface area contributed by atoms with Crippen LogP contribution in [0, 0.1) is 0 Å². The number of rotatable bonds is 4. The zero-order valence-electron chi connectivity index (χ0n) is 9.87. The van der Waals surface area contributed by atoms with E-state index in [0.717, 1.165) is 4.47 Å². The highest BCUT2D eigenvalue weighted by Gasteiger charge is 2.09. The van der Waals surface area contributed by atoms with Crippen molar-refractivity contribution < 1.29 is 9.59 Å². The van der Waals surface area contributed by atoms with Crippen molar-refractivity contribution in [3.63, 3.8) is 0 Å². The van der Waals surface area contributed by atoms with Gasteiger partial charge in [0.1, 0.15) is 0 Å². The summed E-state index contributed by atoms with van der Waals surface area (Å²) < 4.78 is 0.913. The molecule has 1 aromatic carbocycles. The van der Waals surface area contributed by atoms with Gasteiger partial charge < -0.3 is 10.2 Å². The number of nitrogens with one attached hydrogen (secondary N) is 1. The lowest BCUT2D eigenvalue weighted by Gasteiger charge is -2.14. The molecule has 0 saturated heterocycles. The number of carbonyl (C=O) groups excluding carboxylic acids is 2. The Labute approximate surface area is 109 Å². The summed E-state index contributed by atoms with van der Waals surface area (Å²) in [6, 6.07) is 6.98. The first kappa shape index (κ1) is 13.7. The second kappa shape index (κ2) is 6.39. The normalized spacial score (nSPS) is 9.82. The molecule has 0 aliphatic rings. The van der Waals surface area contributed by atoms with Gasteiger partial charge in [-0.25, -0.2) is 0 Å². The van der Waals surface area contributed by atoms with Crippen LogP contribution in [0.15, 0.2) is 28.7 Å². The molecule has 0 saturated carbocycles. The summed E-state index contributed by atoms with van der Waals surface area (Å²) in [5, 5.41) is 2.59. The number of amides is 2. The van der Waals surface area contributed by atoms with Gasteiger partial charge in [0.25, 0.3) is 5.91 Å². The highest BCUT2D eigenvalue weighted by Crippen LogP contribution is 2.10. The van der Waals surface area contributed by atoms with Gasteiger partial charge in [0.15, 0.2) is 0 Å². The van der Waals surface area contributed by atoms with Crippen molar-refractivity contribution in [2.45, 2.75) is 6.92 Å². The van der Waals surface area contributed by atoms with Crippen LogP contribution in [0.2, 0.25) is 0 Å². The molecule has 0 atom stereocenters. The van der Waals surface area contributed by atoms with Crippen LogP contribution in [-0.2, 0) is 4.79 Å². The Morgan fingerprint density at radius 3 is 2.41 bits per heavy atom. The highest BCUT2D eigenvalue weighted by atomic mass is 79.9. The monoisotopic (exact) mass is 298 g/mol. The van der Waals surface area contributed by atoms with Crippen molar-refractivity contribution in [2.24, 2.45) is 0 Å². The molecule has 1 rings (SSSR count). The summed E-state index contributed by atoms with van der Waals surface area (Å²) >= 11 is 3.29. The quantitative estimate of drug-likeness (QED) is 0.919. The lowest BCUT2D eigenvalue weighted by Crippen LogP contribution is -2.37. The van der Waals surface area contributed by atoms with E-state index in [0.29, 0.717) is 12.1 Å². The second-order valence-corrected chi connectivity index (χ2v) is 4.51. The maximum Gasteiger partial charge on any atom is 0.251 e. The summed E-state index contributed by atoms with van der Waals surface area (Å²) in [4.78, 5) is 24.7. The molecule has 0 bridgehead atoms. The Morgan fingerprint density at radius 2 is 1.88 bits per heavy atom. The van der Waals surface area contributed by atoms with E-state index in [-0.39, 0.29) is 18.4 Å². The van der Waals surface area contributed by atoms with Crippen molar-refractivity contribution in [1.29, 1.82) is 0 Å². The molecule has 0 fully saturated rings. The summed E-state index contributed by atoms with van der Waals surface area (Å²) in [7, 11) is 1.70. The Kier molecular flexibility index (Phi) is 5.15. The number of carbonyl (C=O) groups is 2. The third-order valence-corrected chi connectivity index (χ3v) is 2.94. The zero-order chi connectivity index (χ0) is 12.8. The fourth-order valence-corrected chi connectivity index (χ4v) is 1.43.